The molecule has 0 aliphatic carbocycles. The van der Waals surface area contributed by atoms with Crippen LogP contribution in [0.1, 0.15) is 18.5 Å². The summed E-state index contributed by atoms with van der Waals surface area (Å²) in [5, 5.41) is 25.5. The van der Waals surface area contributed by atoms with Crippen molar-refractivity contribution in [1.29, 1.82) is 0 Å². The number of hydrogen-bond donors (Lipinski definition) is 3. The van der Waals surface area contributed by atoms with Crippen molar-refractivity contribution in [1.82, 2.24) is 20.4 Å². The molecule has 0 aromatic heterocycles. The Morgan fingerprint density at radius 2 is 1.67 bits per heavy atom. The SMILES string of the molecule is C[C@H]1NC(=O)N(C)[C@@H]2NC(=O)N(C)[C@@H](c3ccc(N([O-])O)cc3)[C@H]21. The number of carbonyl (C=O) groups is 2. The average molecular weight is 334 g/mol. The van der Waals surface area contributed by atoms with Crippen molar-refractivity contribution in [3.8, 4) is 0 Å². The van der Waals surface area contributed by atoms with Crippen LogP contribution in [0.4, 0.5) is 15.3 Å². The van der Waals surface area contributed by atoms with Gasteiger partial charge in [-0.25, -0.2) is 9.59 Å². The minimum Gasteiger partial charge on any atom is -0.733 e. The second-order valence-electron chi connectivity index (χ2n) is 6.24. The number of benzene rings is 1. The van der Waals surface area contributed by atoms with Crippen molar-refractivity contribution < 1.29 is 14.8 Å². The monoisotopic (exact) mass is 334 g/mol. The van der Waals surface area contributed by atoms with Crippen molar-refractivity contribution in [2.75, 3.05) is 19.3 Å². The predicted molar refractivity (Wildman–Crippen MR) is 86.1 cm³/mol. The third-order valence-corrected chi connectivity index (χ3v) is 4.86. The normalized spacial score (nSPS) is 29.7. The standard InChI is InChI=1S/C15H20N5O4/c1-8-11-12(9-4-6-10(7-5-9)20(23)24)18(2)15(22)17-13(11)19(3)14(21)16-8/h4-8,11-13,23H,1-3H3,(H,16,21)(H,17,22)/q-1/t8-,11-,12+,13+/m1/s1. The van der Waals surface area contributed by atoms with Crippen molar-refractivity contribution in [2.45, 2.75) is 25.2 Å². The molecule has 1 aromatic rings. The molecule has 4 atom stereocenters. The summed E-state index contributed by atoms with van der Waals surface area (Å²) >= 11 is 0. The van der Waals surface area contributed by atoms with E-state index in [4.69, 9.17) is 5.21 Å². The Labute approximate surface area is 139 Å². The quantitative estimate of drug-likeness (QED) is 0.700. The molecule has 9 heteroatoms. The van der Waals surface area contributed by atoms with Crippen molar-refractivity contribution in [3.05, 3.63) is 35.0 Å². The number of rotatable bonds is 2. The number of anilines is 1. The average Bonchev–Trinajstić information content (AvgIpc) is 2.54. The molecule has 2 fully saturated rings. The molecule has 0 saturated carbocycles. The zero-order valence-corrected chi connectivity index (χ0v) is 13.6. The van der Waals surface area contributed by atoms with Gasteiger partial charge >= 0.3 is 12.1 Å². The highest BCUT2D eigenvalue weighted by atomic mass is 16.8. The third-order valence-electron chi connectivity index (χ3n) is 4.86. The molecule has 2 aliphatic heterocycles. The van der Waals surface area contributed by atoms with Gasteiger partial charge in [0.2, 0.25) is 0 Å². The van der Waals surface area contributed by atoms with E-state index >= 15 is 0 Å². The van der Waals surface area contributed by atoms with E-state index in [2.05, 4.69) is 10.6 Å². The molecule has 0 unspecified atom stereocenters. The van der Waals surface area contributed by atoms with E-state index in [0.717, 1.165) is 5.56 Å². The summed E-state index contributed by atoms with van der Waals surface area (Å²) in [6, 6.07) is 5.46. The van der Waals surface area contributed by atoms with E-state index in [1.165, 1.54) is 17.0 Å². The Bertz CT molecular complexity index is 650. The largest absolute Gasteiger partial charge is 0.733 e. The van der Waals surface area contributed by atoms with E-state index in [-0.39, 0.29) is 41.0 Å². The van der Waals surface area contributed by atoms with Crippen LogP contribution in [0.2, 0.25) is 0 Å². The molecule has 0 spiro atoms. The molecule has 4 amide bonds. The lowest BCUT2D eigenvalue weighted by molar-refractivity contribution is 0.0248. The van der Waals surface area contributed by atoms with Crippen LogP contribution in [-0.4, -0.2) is 53.4 Å². The minimum atomic E-state index is -0.420. The van der Waals surface area contributed by atoms with Gasteiger partial charge < -0.3 is 30.9 Å². The van der Waals surface area contributed by atoms with Gasteiger partial charge in [0, 0.05) is 26.1 Å². The van der Waals surface area contributed by atoms with Gasteiger partial charge in [-0.05, 0) is 24.6 Å². The van der Waals surface area contributed by atoms with Crippen LogP contribution in [-0.2, 0) is 0 Å². The van der Waals surface area contributed by atoms with Crippen LogP contribution in [0.15, 0.2) is 24.3 Å². The van der Waals surface area contributed by atoms with E-state index in [0.29, 0.717) is 0 Å². The Balaban J connectivity index is 1.99. The molecule has 0 radical (unpaired) electrons. The number of fused-ring (bicyclic) bond motifs is 1. The summed E-state index contributed by atoms with van der Waals surface area (Å²) in [5.41, 5.74) is 0.935. The van der Waals surface area contributed by atoms with E-state index in [9.17, 15) is 14.8 Å². The first kappa shape index (κ1) is 16.3. The van der Waals surface area contributed by atoms with Gasteiger partial charge in [-0.1, -0.05) is 12.1 Å². The summed E-state index contributed by atoms with van der Waals surface area (Å²) in [4.78, 5) is 27.4. The first-order valence-electron chi connectivity index (χ1n) is 7.64. The zero-order chi connectivity index (χ0) is 17.6. The number of amides is 4. The first-order valence-corrected chi connectivity index (χ1v) is 7.64. The fourth-order valence-corrected chi connectivity index (χ4v) is 3.55. The molecular weight excluding hydrogens is 314 g/mol. The van der Waals surface area contributed by atoms with Crippen LogP contribution in [0.25, 0.3) is 0 Å². The summed E-state index contributed by atoms with van der Waals surface area (Å²) in [6.45, 7) is 1.91. The highest BCUT2D eigenvalue weighted by molar-refractivity contribution is 5.80. The molecule has 24 heavy (non-hydrogen) atoms. The molecule has 130 valence electrons. The van der Waals surface area contributed by atoms with Gasteiger partial charge in [0.15, 0.2) is 0 Å². The molecule has 0 bridgehead atoms. The maximum absolute atomic E-state index is 12.3. The highest BCUT2D eigenvalue weighted by Gasteiger charge is 2.49. The topological polar surface area (TPSA) is 111 Å². The first-order chi connectivity index (χ1) is 11.3. The van der Waals surface area contributed by atoms with Crippen molar-refractivity contribution >= 4 is 17.7 Å². The van der Waals surface area contributed by atoms with Gasteiger partial charge in [-0.3, -0.25) is 5.21 Å². The van der Waals surface area contributed by atoms with Crippen LogP contribution >= 0.6 is 0 Å². The zero-order valence-electron chi connectivity index (χ0n) is 13.6. The van der Waals surface area contributed by atoms with Gasteiger partial charge in [-0.2, -0.15) is 0 Å². The van der Waals surface area contributed by atoms with Crippen molar-refractivity contribution in [3.63, 3.8) is 0 Å². The van der Waals surface area contributed by atoms with Crippen molar-refractivity contribution in [2.24, 2.45) is 5.92 Å². The van der Waals surface area contributed by atoms with Gasteiger partial charge in [0.1, 0.15) is 6.17 Å². The summed E-state index contributed by atoms with van der Waals surface area (Å²) in [6.07, 6.45) is -0.420. The number of carbonyl (C=O) groups excluding carboxylic acids is 2. The van der Waals surface area contributed by atoms with Gasteiger partial charge in [0.05, 0.1) is 11.7 Å². The Kier molecular flexibility index (Phi) is 3.98. The maximum atomic E-state index is 12.3. The lowest BCUT2D eigenvalue weighted by Gasteiger charge is -2.52. The maximum Gasteiger partial charge on any atom is 0.319 e. The van der Waals surface area contributed by atoms with Crippen LogP contribution < -0.4 is 15.9 Å². The highest BCUT2D eigenvalue weighted by Crippen LogP contribution is 2.38. The van der Waals surface area contributed by atoms with E-state index in [1.54, 1.807) is 31.1 Å². The lowest BCUT2D eigenvalue weighted by Crippen LogP contribution is -2.71. The Morgan fingerprint density at radius 3 is 2.25 bits per heavy atom. The van der Waals surface area contributed by atoms with E-state index < -0.39 is 6.17 Å². The summed E-state index contributed by atoms with van der Waals surface area (Å²) < 4.78 is 0. The predicted octanol–water partition coefficient (Wildman–Crippen LogP) is 1.06. The molecule has 2 heterocycles. The lowest BCUT2D eigenvalue weighted by atomic mass is 9.81. The van der Waals surface area contributed by atoms with Crippen LogP contribution in [0.5, 0.6) is 0 Å². The summed E-state index contributed by atoms with van der Waals surface area (Å²) in [5.74, 6) is -0.0845. The molecule has 9 nitrogen and oxygen atoms in total. The smallest absolute Gasteiger partial charge is 0.319 e. The molecule has 3 N–H and O–H groups in total. The Hall–Kier alpha value is -2.52. The fourth-order valence-electron chi connectivity index (χ4n) is 3.55. The molecular formula is C15H20N5O4-. The number of nitrogens with zero attached hydrogens (tertiary/aromatic N) is 3. The van der Waals surface area contributed by atoms with Gasteiger partial charge in [-0.15, -0.1) is 0 Å². The number of urea groups is 2. The van der Waals surface area contributed by atoms with E-state index in [1.807, 2.05) is 6.92 Å². The molecule has 1 aromatic carbocycles. The second kappa shape index (κ2) is 5.84. The molecule has 2 saturated heterocycles. The minimum absolute atomic E-state index is 0.0845. The molecule has 3 rings (SSSR count). The number of nitrogens with one attached hydrogen (secondary N) is 2. The van der Waals surface area contributed by atoms with Gasteiger partial charge in [0.25, 0.3) is 0 Å². The molecule has 2 aliphatic rings. The number of hydrogen-bond acceptors (Lipinski definition) is 5. The van der Waals surface area contributed by atoms with Crippen LogP contribution in [0, 0.1) is 11.1 Å². The summed E-state index contributed by atoms with van der Waals surface area (Å²) in [7, 11) is 3.34. The fraction of sp³-hybridized carbons (Fsp3) is 0.467. The second-order valence-corrected chi connectivity index (χ2v) is 6.24. The third kappa shape index (κ3) is 2.51. The van der Waals surface area contributed by atoms with Crippen LogP contribution in [0.3, 0.4) is 0 Å². The Morgan fingerprint density at radius 1 is 1.08 bits per heavy atom.